The van der Waals surface area contributed by atoms with Gasteiger partial charge in [-0.05, 0) is 36.6 Å². The van der Waals surface area contributed by atoms with Crippen LogP contribution in [0.1, 0.15) is 54.9 Å². The Morgan fingerprint density at radius 1 is 1.27 bits per heavy atom. The quantitative estimate of drug-likeness (QED) is 0.791. The first kappa shape index (κ1) is 19.6. The number of nitrogens with zero attached hydrogens (tertiary/aromatic N) is 4. The van der Waals surface area contributed by atoms with E-state index < -0.39 is 0 Å². The van der Waals surface area contributed by atoms with Crippen molar-refractivity contribution in [2.24, 2.45) is 5.92 Å². The number of H-pyrrole nitrogens is 1. The van der Waals surface area contributed by atoms with E-state index in [1.54, 1.807) is 30.1 Å². The van der Waals surface area contributed by atoms with Gasteiger partial charge in [-0.25, -0.2) is 0 Å². The maximum atomic E-state index is 12.7. The van der Waals surface area contributed by atoms with Crippen LogP contribution in [0, 0.1) is 12.8 Å². The average molecular weight is 358 g/mol. The number of aromatic nitrogens is 4. The molecule has 2 rings (SSSR count). The van der Waals surface area contributed by atoms with Crippen LogP contribution in [0.15, 0.2) is 18.2 Å². The Labute approximate surface area is 153 Å². The highest BCUT2D eigenvalue weighted by atomic mass is 16.2. The van der Waals surface area contributed by atoms with E-state index in [1.807, 2.05) is 27.7 Å². The zero-order chi connectivity index (χ0) is 19.3. The first-order valence-corrected chi connectivity index (χ1v) is 8.67. The fourth-order valence-electron chi connectivity index (χ4n) is 2.68. The SMILES string of the molecule is Cc1cc(C(=O)N(C)CC(C)c2nn[nH]n2)ccc1NC(=O)CC(C)C. The number of aryl methyl sites for hydroxylation is 1. The lowest BCUT2D eigenvalue weighted by molar-refractivity contribution is -0.116. The molecule has 1 unspecified atom stereocenters. The Morgan fingerprint density at radius 2 is 2.00 bits per heavy atom. The molecule has 26 heavy (non-hydrogen) atoms. The summed E-state index contributed by atoms with van der Waals surface area (Å²) in [7, 11) is 1.74. The van der Waals surface area contributed by atoms with Crippen molar-refractivity contribution in [3.05, 3.63) is 35.2 Å². The second kappa shape index (κ2) is 8.55. The highest BCUT2D eigenvalue weighted by Gasteiger charge is 2.19. The predicted molar refractivity (Wildman–Crippen MR) is 98.8 cm³/mol. The largest absolute Gasteiger partial charge is 0.341 e. The van der Waals surface area contributed by atoms with Crippen molar-refractivity contribution in [2.75, 3.05) is 18.9 Å². The number of tetrazole rings is 1. The van der Waals surface area contributed by atoms with Gasteiger partial charge in [-0.3, -0.25) is 9.59 Å². The third-order valence-corrected chi connectivity index (χ3v) is 4.04. The third-order valence-electron chi connectivity index (χ3n) is 4.04. The van der Waals surface area contributed by atoms with Gasteiger partial charge in [0.1, 0.15) is 0 Å². The molecule has 0 aliphatic carbocycles. The first-order chi connectivity index (χ1) is 12.3. The van der Waals surface area contributed by atoms with Crippen LogP contribution in [-0.4, -0.2) is 50.9 Å². The number of carbonyl (C=O) groups is 2. The van der Waals surface area contributed by atoms with Crippen molar-refractivity contribution in [1.82, 2.24) is 25.5 Å². The van der Waals surface area contributed by atoms with E-state index in [1.165, 1.54) is 0 Å². The van der Waals surface area contributed by atoms with Gasteiger partial charge in [0.25, 0.3) is 5.91 Å². The molecular weight excluding hydrogens is 332 g/mol. The minimum absolute atomic E-state index is 0.0202. The molecule has 0 radical (unpaired) electrons. The zero-order valence-corrected chi connectivity index (χ0v) is 15.9. The van der Waals surface area contributed by atoms with E-state index in [0.717, 1.165) is 11.3 Å². The Hall–Kier alpha value is -2.77. The van der Waals surface area contributed by atoms with Crippen LogP contribution < -0.4 is 5.32 Å². The predicted octanol–water partition coefficient (Wildman–Crippen LogP) is 2.37. The van der Waals surface area contributed by atoms with E-state index in [0.29, 0.717) is 30.3 Å². The Morgan fingerprint density at radius 3 is 2.58 bits per heavy atom. The molecule has 1 heterocycles. The molecule has 0 aliphatic heterocycles. The van der Waals surface area contributed by atoms with Gasteiger partial charge in [-0.2, -0.15) is 5.21 Å². The summed E-state index contributed by atoms with van der Waals surface area (Å²) in [5.41, 5.74) is 2.16. The molecule has 2 aromatic rings. The molecule has 1 atom stereocenters. The van der Waals surface area contributed by atoms with E-state index in [2.05, 4.69) is 25.9 Å². The van der Waals surface area contributed by atoms with Crippen LogP contribution in [0.4, 0.5) is 5.69 Å². The van der Waals surface area contributed by atoms with Crippen molar-refractivity contribution >= 4 is 17.5 Å². The van der Waals surface area contributed by atoms with Gasteiger partial charge in [0, 0.05) is 37.2 Å². The number of benzene rings is 1. The number of hydrogen-bond donors (Lipinski definition) is 2. The molecule has 0 fully saturated rings. The minimum atomic E-state index is -0.0940. The molecule has 2 amide bonds. The molecule has 1 aromatic carbocycles. The summed E-state index contributed by atoms with van der Waals surface area (Å²) in [4.78, 5) is 26.2. The second-order valence-corrected chi connectivity index (χ2v) is 7.03. The monoisotopic (exact) mass is 358 g/mol. The van der Waals surface area contributed by atoms with Crippen molar-refractivity contribution in [3.63, 3.8) is 0 Å². The molecule has 8 heteroatoms. The maximum Gasteiger partial charge on any atom is 0.253 e. The summed E-state index contributed by atoms with van der Waals surface area (Å²) in [6.45, 7) is 8.29. The lowest BCUT2D eigenvalue weighted by Crippen LogP contribution is -2.30. The van der Waals surface area contributed by atoms with Gasteiger partial charge in [0.15, 0.2) is 5.82 Å². The summed E-state index contributed by atoms with van der Waals surface area (Å²) >= 11 is 0. The van der Waals surface area contributed by atoms with Crippen molar-refractivity contribution < 1.29 is 9.59 Å². The van der Waals surface area contributed by atoms with Gasteiger partial charge >= 0.3 is 0 Å². The fraction of sp³-hybridized carbons (Fsp3) is 0.500. The third kappa shape index (κ3) is 5.11. The highest BCUT2D eigenvalue weighted by Crippen LogP contribution is 2.19. The first-order valence-electron chi connectivity index (χ1n) is 8.67. The number of likely N-dealkylation sites (N-methyl/N-ethyl adjacent to an activating group) is 1. The highest BCUT2D eigenvalue weighted by molar-refractivity contribution is 5.96. The molecule has 8 nitrogen and oxygen atoms in total. The van der Waals surface area contributed by atoms with Crippen LogP contribution >= 0.6 is 0 Å². The smallest absolute Gasteiger partial charge is 0.253 e. The summed E-state index contributed by atoms with van der Waals surface area (Å²) in [6, 6.07) is 5.30. The molecule has 0 saturated heterocycles. The number of hydrogen-bond acceptors (Lipinski definition) is 5. The molecule has 0 saturated carbocycles. The zero-order valence-electron chi connectivity index (χ0n) is 15.9. The maximum absolute atomic E-state index is 12.7. The normalized spacial score (nSPS) is 12.1. The van der Waals surface area contributed by atoms with Gasteiger partial charge in [-0.1, -0.05) is 26.0 Å². The van der Waals surface area contributed by atoms with Crippen molar-refractivity contribution in [2.45, 2.75) is 40.0 Å². The lowest BCUT2D eigenvalue weighted by atomic mass is 10.1. The van der Waals surface area contributed by atoms with Crippen LogP contribution in [0.25, 0.3) is 0 Å². The van der Waals surface area contributed by atoms with Crippen molar-refractivity contribution in [3.8, 4) is 0 Å². The molecular formula is C18H26N6O2. The number of carbonyl (C=O) groups excluding carboxylic acids is 2. The Kier molecular flexibility index (Phi) is 6.43. The van der Waals surface area contributed by atoms with E-state index in [4.69, 9.17) is 0 Å². The number of amides is 2. The summed E-state index contributed by atoms with van der Waals surface area (Å²) < 4.78 is 0. The van der Waals surface area contributed by atoms with Crippen LogP contribution in [0.3, 0.4) is 0 Å². The molecule has 0 aliphatic rings. The standard InChI is InChI=1S/C18H26N6O2/c1-11(2)8-16(25)19-15-7-6-14(9-12(15)3)18(26)24(5)10-13(4)17-20-22-23-21-17/h6-7,9,11,13H,8,10H2,1-5H3,(H,19,25)(H,20,21,22,23). The fourth-order valence-corrected chi connectivity index (χ4v) is 2.68. The van der Waals surface area contributed by atoms with Gasteiger partial charge in [0.05, 0.1) is 0 Å². The molecule has 0 bridgehead atoms. The second-order valence-electron chi connectivity index (χ2n) is 7.03. The summed E-state index contributed by atoms with van der Waals surface area (Å²) in [6.07, 6.45) is 0.469. The molecule has 1 aromatic heterocycles. The van der Waals surface area contributed by atoms with Gasteiger partial charge < -0.3 is 10.2 Å². The van der Waals surface area contributed by atoms with E-state index in [9.17, 15) is 9.59 Å². The van der Waals surface area contributed by atoms with Crippen LogP contribution in [-0.2, 0) is 4.79 Å². The van der Waals surface area contributed by atoms with Crippen molar-refractivity contribution in [1.29, 1.82) is 0 Å². The van der Waals surface area contributed by atoms with Gasteiger partial charge in [0.2, 0.25) is 5.91 Å². The Bertz CT molecular complexity index is 757. The molecule has 2 N–H and O–H groups in total. The minimum Gasteiger partial charge on any atom is -0.341 e. The summed E-state index contributed by atoms with van der Waals surface area (Å²) in [5, 5.41) is 16.8. The molecule has 140 valence electrons. The summed E-state index contributed by atoms with van der Waals surface area (Å²) in [5.74, 6) is 0.727. The number of aromatic amines is 1. The van der Waals surface area contributed by atoms with E-state index >= 15 is 0 Å². The average Bonchev–Trinajstić information content (AvgIpc) is 3.09. The van der Waals surface area contributed by atoms with E-state index in [-0.39, 0.29) is 17.7 Å². The number of anilines is 1. The number of rotatable bonds is 7. The lowest BCUT2D eigenvalue weighted by Gasteiger charge is -2.20. The topological polar surface area (TPSA) is 104 Å². The number of nitrogens with one attached hydrogen (secondary N) is 2. The van der Waals surface area contributed by atoms with Gasteiger partial charge in [-0.15, -0.1) is 10.2 Å². The van der Waals surface area contributed by atoms with Crippen LogP contribution in [0.5, 0.6) is 0 Å². The van der Waals surface area contributed by atoms with Crippen LogP contribution in [0.2, 0.25) is 0 Å². The molecule has 0 spiro atoms. The Balaban J connectivity index is 2.02.